The summed E-state index contributed by atoms with van der Waals surface area (Å²) in [6.07, 6.45) is -1.95. The van der Waals surface area contributed by atoms with Gasteiger partial charge in [0.25, 0.3) is 17.7 Å². The third-order valence-corrected chi connectivity index (χ3v) is 11.4. The molecule has 3 aromatic rings. The molecule has 13 nitrogen and oxygen atoms in total. The molecule has 0 radical (unpaired) electrons. The van der Waals surface area contributed by atoms with Gasteiger partial charge < -0.3 is 14.5 Å². The zero-order valence-electron chi connectivity index (χ0n) is 31.8. The minimum absolute atomic E-state index is 0.0401. The van der Waals surface area contributed by atoms with E-state index in [9.17, 15) is 42.4 Å². The Bertz CT molecular complexity index is 2230. The first kappa shape index (κ1) is 40.3. The fraction of sp³-hybridized carbons (Fsp3) is 0.390. The number of nitriles is 1. The largest absolute Gasteiger partial charge is 0.494 e. The van der Waals surface area contributed by atoms with Gasteiger partial charge >= 0.3 is 6.18 Å². The molecule has 4 heterocycles. The lowest BCUT2D eigenvalue weighted by atomic mass is 10.0. The molecule has 0 aliphatic carbocycles. The summed E-state index contributed by atoms with van der Waals surface area (Å²) < 4.78 is 47.0. The van der Waals surface area contributed by atoms with Gasteiger partial charge in [0.15, 0.2) is 5.11 Å². The molecule has 0 bridgehead atoms. The van der Waals surface area contributed by atoms with E-state index in [0.717, 1.165) is 79.6 Å². The molecule has 7 rings (SSSR count). The van der Waals surface area contributed by atoms with E-state index in [2.05, 4.69) is 15.1 Å². The Balaban J connectivity index is 0.860. The van der Waals surface area contributed by atoms with Crippen LogP contribution in [0.3, 0.4) is 0 Å². The number of ether oxygens (including phenoxy) is 1. The number of nitrogens with zero attached hydrogens (tertiary/aromatic N) is 6. The number of amides is 5. The van der Waals surface area contributed by atoms with Gasteiger partial charge in [-0.2, -0.15) is 18.4 Å². The van der Waals surface area contributed by atoms with Gasteiger partial charge in [-0.1, -0.05) is 0 Å². The normalized spacial score (nSPS) is 19.8. The monoisotopic (exact) mass is 815 g/mol. The van der Waals surface area contributed by atoms with Crippen molar-refractivity contribution in [2.24, 2.45) is 0 Å². The number of halogens is 3. The topological polar surface area (TPSA) is 147 Å². The molecule has 0 spiro atoms. The summed E-state index contributed by atoms with van der Waals surface area (Å²) in [7, 11) is 0. The first-order valence-electron chi connectivity index (χ1n) is 19.0. The number of rotatable bonds is 11. The van der Waals surface area contributed by atoms with Crippen LogP contribution in [-0.2, 0) is 20.6 Å². The van der Waals surface area contributed by atoms with Gasteiger partial charge in [0.05, 0.1) is 40.6 Å². The Morgan fingerprint density at radius 1 is 0.862 bits per heavy atom. The Labute approximate surface area is 337 Å². The first-order chi connectivity index (χ1) is 27.6. The van der Waals surface area contributed by atoms with Crippen molar-refractivity contribution in [3.05, 3.63) is 82.9 Å². The van der Waals surface area contributed by atoms with E-state index in [0.29, 0.717) is 18.0 Å². The van der Waals surface area contributed by atoms with Crippen molar-refractivity contribution in [1.82, 2.24) is 15.1 Å². The van der Waals surface area contributed by atoms with Crippen LogP contribution in [0.25, 0.3) is 0 Å². The molecule has 0 saturated carbocycles. The maximum absolute atomic E-state index is 13.7. The number of anilines is 3. The predicted molar refractivity (Wildman–Crippen MR) is 210 cm³/mol. The number of unbranched alkanes of at least 4 members (excludes halogenated alkanes) is 2. The van der Waals surface area contributed by atoms with Crippen molar-refractivity contribution >= 4 is 63.9 Å². The number of hydrogen-bond donors (Lipinski definition) is 1. The van der Waals surface area contributed by atoms with Crippen molar-refractivity contribution < 1.29 is 41.9 Å². The third kappa shape index (κ3) is 7.61. The van der Waals surface area contributed by atoms with Gasteiger partial charge in [-0.15, -0.1) is 0 Å². The number of hydrogen-bond acceptors (Lipinski definition) is 10. The molecule has 1 unspecified atom stereocenters. The fourth-order valence-corrected chi connectivity index (χ4v) is 8.37. The second-order valence-corrected chi connectivity index (χ2v) is 15.4. The third-order valence-electron chi connectivity index (χ3n) is 11.0. The first-order valence-corrected chi connectivity index (χ1v) is 19.4. The molecule has 5 amide bonds. The molecular weight excluding hydrogens is 776 g/mol. The smallest absolute Gasteiger partial charge is 0.417 e. The van der Waals surface area contributed by atoms with E-state index >= 15 is 0 Å². The molecule has 3 aromatic carbocycles. The molecule has 1 atom stereocenters. The molecule has 3 saturated heterocycles. The van der Waals surface area contributed by atoms with Gasteiger partial charge in [-0.3, -0.25) is 44.0 Å². The van der Waals surface area contributed by atoms with E-state index in [-0.39, 0.29) is 34.8 Å². The molecule has 3 fully saturated rings. The lowest BCUT2D eigenvalue weighted by molar-refractivity contribution is -0.138. The lowest BCUT2D eigenvalue weighted by Crippen LogP contribution is -2.54. The summed E-state index contributed by atoms with van der Waals surface area (Å²) >= 11 is 5.67. The van der Waals surface area contributed by atoms with Crippen LogP contribution in [-0.4, -0.2) is 95.4 Å². The summed E-state index contributed by atoms with van der Waals surface area (Å²) in [5.74, 6) is -2.24. The molecule has 58 heavy (non-hydrogen) atoms. The quantitative estimate of drug-likeness (QED) is 0.154. The van der Waals surface area contributed by atoms with Gasteiger partial charge in [0.2, 0.25) is 11.8 Å². The molecule has 17 heteroatoms. The Morgan fingerprint density at radius 2 is 1.53 bits per heavy atom. The number of carbonyl (C=O) groups is 5. The zero-order chi connectivity index (χ0) is 41.5. The van der Waals surface area contributed by atoms with E-state index in [1.165, 1.54) is 18.2 Å². The van der Waals surface area contributed by atoms with E-state index in [4.69, 9.17) is 17.0 Å². The average molecular weight is 816 g/mol. The highest BCUT2D eigenvalue weighted by Crippen LogP contribution is 2.40. The van der Waals surface area contributed by atoms with Crippen LogP contribution in [0.5, 0.6) is 5.75 Å². The molecule has 4 aliphatic heterocycles. The Morgan fingerprint density at radius 3 is 2.21 bits per heavy atom. The molecule has 1 N–H and O–H groups in total. The summed E-state index contributed by atoms with van der Waals surface area (Å²) in [6.45, 7) is 8.04. The maximum Gasteiger partial charge on any atom is 0.417 e. The van der Waals surface area contributed by atoms with Crippen LogP contribution in [0.15, 0.2) is 60.7 Å². The van der Waals surface area contributed by atoms with Crippen molar-refractivity contribution in [3.63, 3.8) is 0 Å². The number of piperidine rings is 1. The molecule has 302 valence electrons. The highest BCUT2D eigenvalue weighted by atomic mass is 32.1. The molecule has 0 aromatic heterocycles. The summed E-state index contributed by atoms with van der Waals surface area (Å²) in [6, 6.07) is 16.0. The lowest BCUT2D eigenvalue weighted by Gasteiger charge is -2.36. The van der Waals surface area contributed by atoms with Gasteiger partial charge in [-0.25, -0.2) is 0 Å². The maximum atomic E-state index is 13.7. The number of carbonyl (C=O) groups excluding carboxylic acids is 5. The molecular formula is C41H40F3N7O6S. The number of imide groups is 2. The van der Waals surface area contributed by atoms with Crippen molar-refractivity contribution in [2.75, 3.05) is 54.0 Å². The van der Waals surface area contributed by atoms with E-state index < -0.39 is 58.4 Å². The van der Waals surface area contributed by atoms with Crippen LogP contribution in [0.2, 0.25) is 0 Å². The van der Waals surface area contributed by atoms with Crippen LogP contribution >= 0.6 is 12.2 Å². The highest BCUT2D eigenvalue weighted by molar-refractivity contribution is 7.81. The van der Waals surface area contributed by atoms with Crippen LogP contribution < -0.4 is 24.8 Å². The summed E-state index contributed by atoms with van der Waals surface area (Å²) in [5, 5.41) is 11.4. The number of thiocarbonyl (C=S) groups is 1. The van der Waals surface area contributed by atoms with E-state index in [1.807, 2.05) is 24.3 Å². The number of fused-ring (bicyclic) bond motifs is 1. The number of benzene rings is 3. The number of alkyl halides is 3. The second-order valence-electron chi connectivity index (χ2n) is 15.1. The van der Waals surface area contributed by atoms with Gasteiger partial charge in [0, 0.05) is 44.0 Å². The van der Waals surface area contributed by atoms with Crippen LogP contribution in [0, 0.1) is 11.3 Å². The minimum atomic E-state index is -4.78. The van der Waals surface area contributed by atoms with Crippen molar-refractivity contribution in [2.45, 2.75) is 63.7 Å². The second kappa shape index (κ2) is 15.8. The minimum Gasteiger partial charge on any atom is -0.494 e. The van der Waals surface area contributed by atoms with Crippen molar-refractivity contribution in [1.29, 1.82) is 5.26 Å². The molecule has 4 aliphatic rings. The summed E-state index contributed by atoms with van der Waals surface area (Å²) in [5.41, 5.74) is -0.913. The van der Waals surface area contributed by atoms with Crippen LogP contribution in [0.4, 0.5) is 30.2 Å². The highest BCUT2D eigenvalue weighted by Gasteiger charge is 2.51. The number of piperazine rings is 1. The fourth-order valence-electron chi connectivity index (χ4n) is 7.85. The standard InChI is InChI=1S/C41H40F3N7O6S/c1-40(2)38(56)49(28-7-6-25(24-45)32(22-28)41(42,43)44)39(58)51(40)27-10-8-26(9-11-27)48-19-17-47(18-20-48)16-4-3-5-21-57-29-12-13-30-31(23-29)37(55)50(36(30)54)33-14-15-34(52)46-35(33)53/h6-13,22-23,33H,3-5,14-21H2,1-2H3,(H,46,52,53). The Hall–Kier alpha value is -5.86. The van der Waals surface area contributed by atoms with Gasteiger partial charge in [-0.05, 0) is 119 Å². The SMILES string of the molecule is CC1(C)C(=O)N(c2ccc(C#N)c(C(F)(F)F)c2)C(=S)N1c1ccc(N2CCN(CCCCCOc3ccc4c(c3)C(=O)N(C3CCC(=O)NC3=O)C4=O)CC2)cc1. The Kier molecular flexibility index (Phi) is 11.0. The van der Waals surface area contributed by atoms with Crippen molar-refractivity contribution in [3.8, 4) is 11.8 Å². The zero-order valence-corrected chi connectivity index (χ0v) is 32.6. The van der Waals surface area contributed by atoms with E-state index in [1.54, 1.807) is 30.9 Å². The number of nitrogens with one attached hydrogen (secondary N) is 1. The van der Waals surface area contributed by atoms with Gasteiger partial charge in [0.1, 0.15) is 17.3 Å². The predicted octanol–water partition coefficient (Wildman–Crippen LogP) is 5.27. The van der Waals surface area contributed by atoms with Crippen LogP contribution in [0.1, 0.15) is 77.8 Å². The summed E-state index contributed by atoms with van der Waals surface area (Å²) in [4.78, 5) is 71.8. The average Bonchev–Trinajstić information content (AvgIpc) is 3.54.